The van der Waals surface area contributed by atoms with Crippen molar-refractivity contribution in [2.45, 2.75) is 37.8 Å². The van der Waals surface area contributed by atoms with E-state index < -0.39 is 5.92 Å². The first-order valence-electron chi connectivity index (χ1n) is 7.18. The minimum Gasteiger partial charge on any atom is -0.462 e. The summed E-state index contributed by atoms with van der Waals surface area (Å²) in [6.07, 6.45) is 1.68. The smallest absolute Gasteiger partial charge is 0.316 e. The summed E-state index contributed by atoms with van der Waals surface area (Å²) >= 11 is 0. The molecule has 0 amide bonds. The van der Waals surface area contributed by atoms with Gasteiger partial charge >= 0.3 is 5.97 Å². The molecule has 4 heteroatoms. The zero-order valence-corrected chi connectivity index (χ0v) is 12.2. The summed E-state index contributed by atoms with van der Waals surface area (Å²) in [7, 11) is 2.09. The molecule has 1 N–H and O–H groups in total. The molecule has 1 heterocycles. The van der Waals surface area contributed by atoms with Crippen LogP contribution in [-0.4, -0.2) is 48.3 Å². The maximum absolute atomic E-state index is 12.2. The molecule has 0 spiro atoms. The highest BCUT2D eigenvalue weighted by Crippen LogP contribution is 2.22. The van der Waals surface area contributed by atoms with Crippen molar-refractivity contribution in [2.24, 2.45) is 0 Å². The Morgan fingerprint density at radius 2 is 2.15 bits per heavy atom. The van der Waals surface area contributed by atoms with Crippen molar-refractivity contribution in [3.8, 4) is 0 Å². The lowest BCUT2D eigenvalue weighted by molar-refractivity contribution is -0.154. The summed E-state index contributed by atoms with van der Waals surface area (Å²) in [6, 6.07) is 9.73. The van der Waals surface area contributed by atoms with Crippen molar-refractivity contribution in [1.82, 2.24) is 4.90 Å². The van der Waals surface area contributed by atoms with Gasteiger partial charge in [0.15, 0.2) is 0 Å². The number of carbonyl (C=O) groups excluding carboxylic acids is 1. The van der Waals surface area contributed by atoms with Gasteiger partial charge in [-0.25, -0.2) is 0 Å². The molecule has 1 aromatic rings. The molecule has 2 rings (SSSR count). The lowest BCUT2D eigenvalue weighted by atomic mass is 9.99. The predicted molar refractivity (Wildman–Crippen MR) is 77.5 cm³/mol. The third kappa shape index (κ3) is 3.58. The summed E-state index contributed by atoms with van der Waals surface area (Å²) in [5.41, 5.74) is 0.806. The number of likely N-dealkylation sites (tertiary alicyclic amines) is 1. The van der Waals surface area contributed by atoms with Crippen LogP contribution in [0.25, 0.3) is 0 Å². The average Bonchev–Trinajstić information content (AvgIpc) is 2.45. The number of benzene rings is 1. The van der Waals surface area contributed by atoms with Gasteiger partial charge in [0.2, 0.25) is 0 Å². The van der Waals surface area contributed by atoms with Gasteiger partial charge in [-0.05, 0) is 32.4 Å². The summed E-state index contributed by atoms with van der Waals surface area (Å²) in [5.74, 6) is -0.897. The number of ether oxygens (including phenoxy) is 1. The van der Waals surface area contributed by atoms with Crippen LogP contribution >= 0.6 is 0 Å². The number of aliphatic hydroxyl groups is 1. The third-order valence-corrected chi connectivity index (χ3v) is 4.11. The number of nitrogens with zero attached hydrogens (tertiary/aromatic N) is 1. The minimum absolute atomic E-state index is 0.0357. The lowest BCUT2D eigenvalue weighted by Crippen LogP contribution is -2.42. The average molecular weight is 277 g/mol. The highest BCUT2D eigenvalue weighted by Gasteiger charge is 2.29. The second-order valence-electron chi connectivity index (χ2n) is 5.56. The molecule has 1 fully saturated rings. The molecule has 20 heavy (non-hydrogen) atoms. The summed E-state index contributed by atoms with van der Waals surface area (Å²) in [4.78, 5) is 14.5. The van der Waals surface area contributed by atoms with Crippen molar-refractivity contribution in [2.75, 3.05) is 20.2 Å². The number of rotatable bonds is 4. The van der Waals surface area contributed by atoms with Gasteiger partial charge in [0.1, 0.15) is 12.0 Å². The first-order chi connectivity index (χ1) is 9.61. The number of aliphatic hydroxyl groups excluding tert-OH is 1. The fourth-order valence-electron chi connectivity index (χ4n) is 2.60. The Morgan fingerprint density at radius 3 is 2.75 bits per heavy atom. The Kier molecular flexibility index (Phi) is 5.15. The van der Waals surface area contributed by atoms with Gasteiger partial charge in [-0.15, -0.1) is 0 Å². The Labute approximate surface area is 120 Å². The van der Waals surface area contributed by atoms with Crippen molar-refractivity contribution in [3.63, 3.8) is 0 Å². The van der Waals surface area contributed by atoms with Gasteiger partial charge in [-0.1, -0.05) is 30.3 Å². The Morgan fingerprint density at radius 1 is 1.45 bits per heavy atom. The number of hydrogen-bond donors (Lipinski definition) is 1. The largest absolute Gasteiger partial charge is 0.462 e. The van der Waals surface area contributed by atoms with Gasteiger partial charge in [0, 0.05) is 12.6 Å². The first-order valence-corrected chi connectivity index (χ1v) is 7.18. The monoisotopic (exact) mass is 277 g/mol. The van der Waals surface area contributed by atoms with Crippen LogP contribution in [0.5, 0.6) is 0 Å². The zero-order valence-electron chi connectivity index (χ0n) is 12.2. The number of carbonyl (C=O) groups is 1. The van der Waals surface area contributed by atoms with E-state index in [1.165, 1.54) is 0 Å². The van der Waals surface area contributed by atoms with Crippen molar-refractivity contribution >= 4 is 5.97 Å². The van der Waals surface area contributed by atoms with Gasteiger partial charge < -0.3 is 14.7 Å². The maximum Gasteiger partial charge on any atom is 0.316 e. The van der Waals surface area contributed by atoms with E-state index in [2.05, 4.69) is 18.9 Å². The second kappa shape index (κ2) is 6.86. The van der Waals surface area contributed by atoms with E-state index in [0.717, 1.165) is 24.9 Å². The Bertz CT molecular complexity index is 435. The molecule has 4 nitrogen and oxygen atoms in total. The van der Waals surface area contributed by atoms with E-state index in [9.17, 15) is 9.90 Å². The van der Waals surface area contributed by atoms with Crippen LogP contribution in [0, 0.1) is 0 Å². The van der Waals surface area contributed by atoms with E-state index in [0.29, 0.717) is 6.04 Å². The summed E-state index contributed by atoms with van der Waals surface area (Å²) < 4.78 is 5.59. The second-order valence-corrected chi connectivity index (χ2v) is 5.56. The van der Waals surface area contributed by atoms with Crippen LogP contribution in [0.2, 0.25) is 0 Å². The summed E-state index contributed by atoms with van der Waals surface area (Å²) in [6.45, 7) is 2.86. The molecule has 0 bridgehead atoms. The summed E-state index contributed by atoms with van der Waals surface area (Å²) in [5, 5.41) is 9.46. The molecule has 0 radical (unpaired) electrons. The van der Waals surface area contributed by atoms with E-state index >= 15 is 0 Å². The van der Waals surface area contributed by atoms with Crippen LogP contribution < -0.4 is 0 Å². The molecule has 1 aliphatic rings. The fraction of sp³-hybridized carbons (Fsp3) is 0.562. The molecule has 0 aromatic heterocycles. The molecule has 0 aliphatic carbocycles. The molecule has 0 saturated carbocycles. The van der Waals surface area contributed by atoms with Crippen molar-refractivity contribution in [3.05, 3.63) is 35.9 Å². The van der Waals surface area contributed by atoms with Crippen LogP contribution in [0.1, 0.15) is 31.2 Å². The quantitative estimate of drug-likeness (QED) is 0.853. The molecular weight excluding hydrogens is 254 g/mol. The van der Waals surface area contributed by atoms with Gasteiger partial charge in [-0.2, -0.15) is 0 Å². The van der Waals surface area contributed by atoms with Crippen LogP contribution in [0.15, 0.2) is 30.3 Å². The van der Waals surface area contributed by atoms with E-state index in [4.69, 9.17) is 4.74 Å². The predicted octanol–water partition coefficient (Wildman–Crippen LogP) is 1.79. The number of esters is 1. The third-order valence-electron chi connectivity index (χ3n) is 4.11. The number of piperidine rings is 1. The van der Waals surface area contributed by atoms with Gasteiger partial charge in [-0.3, -0.25) is 4.79 Å². The maximum atomic E-state index is 12.2. The van der Waals surface area contributed by atoms with Gasteiger partial charge in [0.25, 0.3) is 0 Å². The van der Waals surface area contributed by atoms with Crippen LogP contribution in [-0.2, 0) is 9.53 Å². The minimum atomic E-state index is -0.578. The molecule has 1 aliphatic heterocycles. The van der Waals surface area contributed by atoms with Crippen molar-refractivity contribution < 1.29 is 14.6 Å². The molecule has 1 aromatic carbocycles. The highest BCUT2D eigenvalue weighted by atomic mass is 16.5. The van der Waals surface area contributed by atoms with E-state index in [1.807, 2.05) is 30.3 Å². The SMILES string of the molecule is CC1C[C@H](OC(=O)[C@H](CO)c2ccccc2)CCN1C. The highest BCUT2D eigenvalue weighted by molar-refractivity contribution is 5.78. The fourth-order valence-corrected chi connectivity index (χ4v) is 2.60. The molecule has 110 valence electrons. The first kappa shape index (κ1) is 15.0. The lowest BCUT2D eigenvalue weighted by Gasteiger charge is -2.35. The molecule has 1 unspecified atom stereocenters. The van der Waals surface area contributed by atoms with Gasteiger partial charge in [0.05, 0.1) is 6.61 Å². The Balaban J connectivity index is 1.96. The Hall–Kier alpha value is -1.39. The van der Waals surface area contributed by atoms with Crippen LogP contribution in [0.4, 0.5) is 0 Å². The van der Waals surface area contributed by atoms with Crippen molar-refractivity contribution in [1.29, 1.82) is 0 Å². The van der Waals surface area contributed by atoms with Crippen LogP contribution in [0.3, 0.4) is 0 Å². The van der Waals surface area contributed by atoms with E-state index in [-0.39, 0.29) is 18.7 Å². The number of hydrogen-bond acceptors (Lipinski definition) is 4. The molecular formula is C16H23NO3. The molecule has 3 atom stereocenters. The zero-order chi connectivity index (χ0) is 14.5. The molecule has 1 saturated heterocycles. The standard InChI is InChI=1S/C16H23NO3/c1-12-10-14(8-9-17(12)2)20-16(19)15(11-18)13-6-4-3-5-7-13/h3-7,12,14-15,18H,8-11H2,1-2H3/t12?,14-,15-/m1/s1. The topological polar surface area (TPSA) is 49.8 Å². The van der Waals surface area contributed by atoms with E-state index in [1.54, 1.807) is 0 Å². The normalized spacial score (nSPS) is 25.1.